The minimum Gasteiger partial charge on any atom is -0.453 e. The summed E-state index contributed by atoms with van der Waals surface area (Å²) in [6.07, 6.45) is 1.05. The van der Waals surface area contributed by atoms with E-state index in [4.69, 9.17) is 4.74 Å². The number of carbonyl (C=O) groups excluding carboxylic acids is 4. The molecule has 9 heteroatoms. The van der Waals surface area contributed by atoms with Gasteiger partial charge in [-0.3, -0.25) is 19.3 Å². The number of methoxy groups -OCH3 is 1. The zero-order valence-electron chi connectivity index (χ0n) is 17.3. The van der Waals surface area contributed by atoms with Crippen LogP contribution in [0.4, 0.5) is 10.5 Å². The maximum atomic E-state index is 13.3. The summed E-state index contributed by atoms with van der Waals surface area (Å²) in [6.45, 7) is 3.53. The van der Waals surface area contributed by atoms with Gasteiger partial charge in [0.25, 0.3) is 5.91 Å². The molecule has 2 saturated heterocycles. The molecular formula is C21H26N4O5. The fraction of sp³-hybridized carbons (Fsp3) is 0.524. The van der Waals surface area contributed by atoms with Gasteiger partial charge < -0.3 is 19.4 Å². The molecule has 3 aliphatic heterocycles. The van der Waals surface area contributed by atoms with Crippen molar-refractivity contribution in [2.45, 2.75) is 31.8 Å². The Morgan fingerprint density at radius 2 is 1.77 bits per heavy atom. The lowest BCUT2D eigenvalue weighted by atomic mass is 9.98. The van der Waals surface area contributed by atoms with Crippen LogP contribution in [0.2, 0.25) is 0 Å². The van der Waals surface area contributed by atoms with Crippen molar-refractivity contribution in [3.8, 4) is 0 Å². The van der Waals surface area contributed by atoms with E-state index in [2.05, 4.69) is 0 Å². The molecule has 0 bridgehead atoms. The van der Waals surface area contributed by atoms with E-state index in [0.717, 1.165) is 0 Å². The smallest absolute Gasteiger partial charge is 0.409 e. The summed E-state index contributed by atoms with van der Waals surface area (Å²) >= 11 is 0. The average Bonchev–Trinajstić information content (AvgIpc) is 2.92. The van der Waals surface area contributed by atoms with Crippen molar-refractivity contribution in [3.05, 3.63) is 29.8 Å². The summed E-state index contributed by atoms with van der Waals surface area (Å²) in [7, 11) is 1.34. The average molecular weight is 414 g/mol. The Morgan fingerprint density at radius 1 is 1.07 bits per heavy atom. The van der Waals surface area contributed by atoms with Gasteiger partial charge in [-0.25, -0.2) is 4.79 Å². The fourth-order valence-corrected chi connectivity index (χ4v) is 4.66. The highest BCUT2D eigenvalue weighted by molar-refractivity contribution is 6.11. The Kier molecular flexibility index (Phi) is 5.13. The van der Waals surface area contributed by atoms with Crippen LogP contribution in [0.1, 0.15) is 36.5 Å². The van der Waals surface area contributed by atoms with Crippen molar-refractivity contribution < 1.29 is 23.9 Å². The predicted molar refractivity (Wildman–Crippen MR) is 108 cm³/mol. The molecular weight excluding hydrogens is 388 g/mol. The van der Waals surface area contributed by atoms with Crippen molar-refractivity contribution in [2.24, 2.45) is 0 Å². The molecule has 0 N–H and O–H groups in total. The first-order chi connectivity index (χ1) is 14.4. The highest BCUT2D eigenvalue weighted by Crippen LogP contribution is 2.43. The van der Waals surface area contributed by atoms with E-state index < -0.39 is 11.8 Å². The van der Waals surface area contributed by atoms with E-state index in [1.54, 1.807) is 32.9 Å². The van der Waals surface area contributed by atoms with Gasteiger partial charge in [-0.1, -0.05) is 12.1 Å². The number of fused-ring (bicyclic) bond motifs is 3. The molecule has 3 aliphatic rings. The number of carbonyl (C=O) groups is 4. The topological polar surface area (TPSA) is 90.5 Å². The minimum atomic E-state index is -0.859. The number of nitrogens with zero attached hydrogens (tertiary/aromatic N) is 4. The third kappa shape index (κ3) is 3.18. The third-order valence-electron chi connectivity index (χ3n) is 6.32. The van der Waals surface area contributed by atoms with Gasteiger partial charge in [-0.05, 0) is 31.9 Å². The summed E-state index contributed by atoms with van der Waals surface area (Å²) in [6, 6.07) is 7.05. The van der Waals surface area contributed by atoms with Gasteiger partial charge in [0.15, 0.2) is 0 Å². The lowest BCUT2D eigenvalue weighted by Crippen LogP contribution is -2.64. The van der Waals surface area contributed by atoms with Crippen LogP contribution in [-0.4, -0.2) is 84.0 Å². The third-order valence-corrected chi connectivity index (χ3v) is 6.32. The molecule has 4 rings (SSSR count). The number of para-hydroxylation sites is 1. The van der Waals surface area contributed by atoms with Crippen molar-refractivity contribution >= 4 is 29.5 Å². The summed E-state index contributed by atoms with van der Waals surface area (Å²) in [5.41, 5.74) is 0.188. The lowest BCUT2D eigenvalue weighted by Gasteiger charge is -2.48. The quantitative estimate of drug-likeness (QED) is 0.727. The Morgan fingerprint density at radius 3 is 2.53 bits per heavy atom. The van der Waals surface area contributed by atoms with E-state index in [0.29, 0.717) is 56.7 Å². The van der Waals surface area contributed by atoms with Crippen LogP contribution in [0.15, 0.2) is 24.3 Å². The van der Waals surface area contributed by atoms with Gasteiger partial charge in [0.05, 0.1) is 18.4 Å². The summed E-state index contributed by atoms with van der Waals surface area (Å²) in [4.78, 5) is 57.3. The van der Waals surface area contributed by atoms with Gasteiger partial charge in [0.2, 0.25) is 11.8 Å². The molecule has 1 aromatic carbocycles. The van der Waals surface area contributed by atoms with Gasteiger partial charge in [-0.2, -0.15) is 0 Å². The largest absolute Gasteiger partial charge is 0.453 e. The van der Waals surface area contributed by atoms with Crippen LogP contribution < -0.4 is 4.90 Å². The standard InChI is InChI=1S/C21H26N4O5/c1-21-9-8-17(26)25(21)16-7-4-3-6-15(16)19(28)24(21)14-18(27)22-10-5-11-23(13-12-22)20(29)30-2/h3-4,6-7H,5,8-14H2,1-2H3. The molecule has 0 aromatic heterocycles. The molecule has 1 atom stereocenters. The van der Waals surface area contributed by atoms with Crippen LogP contribution in [-0.2, 0) is 14.3 Å². The molecule has 3 heterocycles. The molecule has 2 fully saturated rings. The number of anilines is 1. The number of hydrogen-bond acceptors (Lipinski definition) is 5. The summed E-state index contributed by atoms with van der Waals surface area (Å²) in [5.74, 6) is -0.466. The van der Waals surface area contributed by atoms with Gasteiger partial charge >= 0.3 is 6.09 Å². The van der Waals surface area contributed by atoms with Crippen molar-refractivity contribution in [2.75, 3.05) is 44.7 Å². The van der Waals surface area contributed by atoms with E-state index in [1.165, 1.54) is 12.0 Å². The monoisotopic (exact) mass is 414 g/mol. The Balaban J connectivity index is 1.55. The zero-order chi connectivity index (χ0) is 21.5. The number of rotatable bonds is 2. The van der Waals surface area contributed by atoms with Crippen LogP contribution in [0.3, 0.4) is 0 Å². The maximum absolute atomic E-state index is 13.3. The second-order valence-corrected chi connectivity index (χ2v) is 8.05. The fourth-order valence-electron chi connectivity index (χ4n) is 4.66. The second kappa shape index (κ2) is 7.62. The lowest BCUT2D eigenvalue weighted by molar-refractivity contribution is -0.133. The molecule has 160 valence electrons. The second-order valence-electron chi connectivity index (χ2n) is 8.05. The van der Waals surface area contributed by atoms with Gasteiger partial charge in [0, 0.05) is 32.6 Å². The molecule has 9 nitrogen and oxygen atoms in total. The Hall–Kier alpha value is -3.10. The van der Waals surface area contributed by atoms with Crippen LogP contribution in [0.25, 0.3) is 0 Å². The van der Waals surface area contributed by atoms with Gasteiger partial charge in [-0.15, -0.1) is 0 Å². The first-order valence-corrected chi connectivity index (χ1v) is 10.2. The number of ether oxygens (including phenoxy) is 1. The van der Waals surface area contributed by atoms with Crippen LogP contribution in [0, 0.1) is 0 Å². The molecule has 1 aromatic rings. The number of hydrogen-bond donors (Lipinski definition) is 0. The summed E-state index contributed by atoms with van der Waals surface area (Å²) < 4.78 is 4.77. The Labute approximate surface area is 175 Å². The normalized spacial score (nSPS) is 23.8. The van der Waals surface area contributed by atoms with Crippen molar-refractivity contribution in [1.82, 2.24) is 14.7 Å². The van der Waals surface area contributed by atoms with E-state index in [1.807, 2.05) is 13.0 Å². The SMILES string of the molecule is COC(=O)N1CCCN(C(=O)CN2C(=O)c3ccccc3N3C(=O)CCC23C)CC1. The van der Waals surface area contributed by atoms with Crippen molar-refractivity contribution in [1.29, 1.82) is 0 Å². The first kappa shape index (κ1) is 20.2. The molecule has 30 heavy (non-hydrogen) atoms. The van der Waals surface area contributed by atoms with E-state index in [-0.39, 0.29) is 24.3 Å². The molecule has 0 radical (unpaired) electrons. The summed E-state index contributed by atoms with van der Waals surface area (Å²) in [5, 5.41) is 0. The molecule has 1 unspecified atom stereocenters. The number of benzene rings is 1. The highest BCUT2D eigenvalue weighted by atomic mass is 16.5. The first-order valence-electron chi connectivity index (χ1n) is 10.2. The Bertz CT molecular complexity index is 903. The zero-order valence-corrected chi connectivity index (χ0v) is 17.3. The van der Waals surface area contributed by atoms with Crippen molar-refractivity contribution in [3.63, 3.8) is 0 Å². The van der Waals surface area contributed by atoms with E-state index >= 15 is 0 Å². The highest BCUT2D eigenvalue weighted by Gasteiger charge is 2.53. The van der Waals surface area contributed by atoms with Crippen LogP contribution >= 0.6 is 0 Å². The van der Waals surface area contributed by atoms with Crippen LogP contribution in [0.5, 0.6) is 0 Å². The molecule has 0 aliphatic carbocycles. The van der Waals surface area contributed by atoms with Gasteiger partial charge in [0.1, 0.15) is 12.2 Å². The maximum Gasteiger partial charge on any atom is 0.409 e. The minimum absolute atomic E-state index is 0.0432. The molecule has 0 spiro atoms. The predicted octanol–water partition coefficient (Wildman–Crippen LogP) is 1.29. The molecule has 0 saturated carbocycles. The molecule has 4 amide bonds. The number of amides is 4. The van der Waals surface area contributed by atoms with E-state index in [9.17, 15) is 19.2 Å².